The number of aliphatic carboxylic acids is 1. The van der Waals surface area contributed by atoms with Gasteiger partial charge in [0.2, 0.25) is 0 Å². The van der Waals surface area contributed by atoms with Gasteiger partial charge in [0, 0.05) is 19.6 Å². The summed E-state index contributed by atoms with van der Waals surface area (Å²) in [6.07, 6.45) is 2.54. The number of aliphatic hydroxyl groups is 1. The van der Waals surface area contributed by atoms with E-state index in [1.165, 1.54) is 0 Å². The van der Waals surface area contributed by atoms with Gasteiger partial charge in [0.1, 0.15) is 11.2 Å². The van der Waals surface area contributed by atoms with Crippen LogP contribution in [0, 0.1) is 11.3 Å². The SMILES string of the molecule is COc1ccc2cc(CN3CC[C@@H](O)[C@](CC4CC4)(C(=O)O)C3)ccc2c1. The van der Waals surface area contributed by atoms with Gasteiger partial charge in [0.25, 0.3) is 0 Å². The zero-order valence-electron chi connectivity index (χ0n) is 15.7. The second-order valence-corrected chi connectivity index (χ2v) is 8.17. The van der Waals surface area contributed by atoms with E-state index in [4.69, 9.17) is 4.74 Å². The lowest BCUT2D eigenvalue weighted by atomic mass is 9.73. The predicted molar refractivity (Wildman–Crippen MR) is 104 cm³/mol. The van der Waals surface area contributed by atoms with E-state index in [0.29, 0.717) is 31.8 Å². The molecule has 0 amide bonds. The van der Waals surface area contributed by atoms with E-state index in [1.54, 1.807) is 7.11 Å². The summed E-state index contributed by atoms with van der Waals surface area (Å²) in [6.45, 7) is 1.84. The number of methoxy groups -OCH3 is 1. The maximum atomic E-state index is 12.1. The van der Waals surface area contributed by atoms with Crippen LogP contribution in [0.25, 0.3) is 10.8 Å². The largest absolute Gasteiger partial charge is 0.497 e. The Morgan fingerprint density at radius 1 is 1.19 bits per heavy atom. The number of fused-ring (bicyclic) bond motifs is 1. The molecule has 2 N–H and O–H groups in total. The van der Waals surface area contributed by atoms with E-state index in [9.17, 15) is 15.0 Å². The normalized spacial score (nSPS) is 26.2. The summed E-state index contributed by atoms with van der Waals surface area (Å²) in [4.78, 5) is 14.3. The van der Waals surface area contributed by atoms with Crippen molar-refractivity contribution in [1.82, 2.24) is 4.90 Å². The zero-order chi connectivity index (χ0) is 19.0. The van der Waals surface area contributed by atoms with Gasteiger partial charge in [0.15, 0.2) is 0 Å². The molecule has 0 bridgehead atoms. The van der Waals surface area contributed by atoms with Gasteiger partial charge in [-0.1, -0.05) is 31.0 Å². The van der Waals surface area contributed by atoms with Crippen LogP contribution in [0.3, 0.4) is 0 Å². The van der Waals surface area contributed by atoms with Gasteiger partial charge in [-0.05, 0) is 53.3 Å². The van der Waals surface area contributed by atoms with Crippen LogP contribution in [0.1, 0.15) is 31.2 Å². The standard InChI is InChI=1S/C22H27NO4/c1-27-19-7-6-17-10-16(4-5-18(17)11-19)13-23-9-8-20(24)22(14-23,21(25)26)12-15-2-3-15/h4-7,10-11,15,20,24H,2-3,8-9,12-14H2,1H3,(H,25,26)/t20-,22-/m1/s1. The third-order valence-electron chi connectivity index (χ3n) is 6.16. The van der Waals surface area contributed by atoms with Gasteiger partial charge in [0.05, 0.1) is 13.2 Å². The number of carboxylic acids is 1. The van der Waals surface area contributed by atoms with Crippen molar-refractivity contribution in [2.75, 3.05) is 20.2 Å². The van der Waals surface area contributed by atoms with Crippen molar-refractivity contribution in [1.29, 1.82) is 0 Å². The summed E-state index contributed by atoms with van der Waals surface area (Å²) in [5.41, 5.74) is 0.138. The molecule has 1 heterocycles. The molecule has 4 rings (SSSR count). The molecule has 2 atom stereocenters. The minimum absolute atomic E-state index is 0.417. The molecular formula is C22H27NO4. The second kappa shape index (κ2) is 7.13. The van der Waals surface area contributed by atoms with Crippen LogP contribution in [0.15, 0.2) is 36.4 Å². The lowest BCUT2D eigenvalue weighted by Crippen LogP contribution is -2.55. The Labute approximate surface area is 159 Å². The molecular weight excluding hydrogens is 342 g/mol. The molecule has 2 fully saturated rings. The number of aliphatic hydroxyl groups excluding tert-OH is 1. The maximum absolute atomic E-state index is 12.1. The van der Waals surface area contributed by atoms with Crippen LogP contribution < -0.4 is 4.74 Å². The zero-order valence-corrected chi connectivity index (χ0v) is 15.7. The summed E-state index contributed by atoms with van der Waals surface area (Å²) < 4.78 is 5.28. The van der Waals surface area contributed by atoms with Crippen LogP contribution in [0.4, 0.5) is 0 Å². The van der Waals surface area contributed by atoms with E-state index < -0.39 is 17.5 Å². The van der Waals surface area contributed by atoms with Gasteiger partial charge in [-0.3, -0.25) is 9.69 Å². The number of ether oxygens (including phenoxy) is 1. The lowest BCUT2D eigenvalue weighted by molar-refractivity contribution is -0.165. The van der Waals surface area contributed by atoms with Crippen LogP contribution in [0.5, 0.6) is 5.75 Å². The smallest absolute Gasteiger partial charge is 0.313 e. The number of carbonyl (C=O) groups is 1. The quantitative estimate of drug-likeness (QED) is 0.818. The van der Waals surface area contributed by atoms with E-state index >= 15 is 0 Å². The number of carboxylic acid groups (broad SMARTS) is 1. The molecule has 0 unspecified atom stereocenters. The fraction of sp³-hybridized carbons (Fsp3) is 0.500. The van der Waals surface area contributed by atoms with E-state index in [0.717, 1.165) is 41.5 Å². The first-order chi connectivity index (χ1) is 13.0. The van der Waals surface area contributed by atoms with Crippen molar-refractivity contribution < 1.29 is 19.7 Å². The average molecular weight is 369 g/mol. The first kappa shape index (κ1) is 18.3. The molecule has 1 aliphatic carbocycles. The van der Waals surface area contributed by atoms with E-state index in [-0.39, 0.29) is 0 Å². The minimum Gasteiger partial charge on any atom is -0.497 e. The van der Waals surface area contributed by atoms with Gasteiger partial charge in [-0.25, -0.2) is 0 Å². The average Bonchev–Trinajstić information content (AvgIpc) is 3.47. The summed E-state index contributed by atoms with van der Waals surface area (Å²) >= 11 is 0. The van der Waals surface area contributed by atoms with Crippen LogP contribution >= 0.6 is 0 Å². The van der Waals surface area contributed by atoms with Gasteiger partial charge >= 0.3 is 5.97 Å². The molecule has 27 heavy (non-hydrogen) atoms. The lowest BCUT2D eigenvalue weighted by Gasteiger charge is -2.43. The summed E-state index contributed by atoms with van der Waals surface area (Å²) in [5.74, 6) is 0.454. The molecule has 0 spiro atoms. The number of rotatable bonds is 6. The summed E-state index contributed by atoms with van der Waals surface area (Å²) in [5, 5.41) is 22.7. The number of nitrogens with zero attached hydrogens (tertiary/aromatic N) is 1. The Kier molecular flexibility index (Phi) is 4.82. The minimum atomic E-state index is -1.02. The molecule has 0 radical (unpaired) electrons. The number of likely N-dealkylation sites (tertiary alicyclic amines) is 1. The topological polar surface area (TPSA) is 70.0 Å². The number of hydrogen-bond donors (Lipinski definition) is 2. The van der Waals surface area contributed by atoms with Gasteiger partial charge < -0.3 is 14.9 Å². The monoisotopic (exact) mass is 369 g/mol. The Balaban J connectivity index is 1.53. The number of hydrogen-bond acceptors (Lipinski definition) is 4. The summed E-state index contributed by atoms with van der Waals surface area (Å²) in [7, 11) is 1.66. The summed E-state index contributed by atoms with van der Waals surface area (Å²) in [6, 6.07) is 12.3. The molecule has 2 aliphatic rings. The predicted octanol–water partition coefficient (Wildman–Crippen LogP) is 3.29. The Morgan fingerprint density at radius 3 is 2.63 bits per heavy atom. The van der Waals surface area contributed by atoms with Gasteiger partial charge in [-0.2, -0.15) is 0 Å². The Bertz CT molecular complexity index is 847. The van der Waals surface area contributed by atoms with Crippen LogP contribution in [-0.4, -0.2) is 47.4 Å². The highest BCUT2D eigenvalue weighted by molar-refractivity contribution is 5.84. The molecule has 1 aliphatic heterocycles. The van der Waals surface area contributed by atoms with Crippen molar-refractivity contribution in [3.63, 3.8) is 0 Å². The maximum Gasteiger partial charge on any atom is 0.313 e. The second-order valence-electron chi connectivity index (χ2n) is 8.17. The van der Waals surface area contributed by atoms with Crippen molar-refractivity contribution in [3.05, 3.63) is 42.0 Å². The fourth-order valence-electron chi connectivity index (χ4n) is 4.39. The molecule has 5 nitrogen and oxygen atoms in total. The molecule has 1 saturated heterocycles. The van der Waals surface area contributed by atoms with Gasteiger partial charge in [-0.15, -0.1) is 0 Å². The number of piperidine rings is 1. The first-order valence-corrected chi connectivity index (χ1v) is 9.71. The molecule has 144 valence electrons. The van der Waals surface area contributed by atoms with Crippen LogP contribution in [-0.2, 0) is 11.3 Å². The van der Waals surface area contributed by atoms with Crippen molar-refractivity contribution in [2.24, 2.45) is 11.3 Å². The third-order valence-corrected chi connectivity index (χ3v) is 6.16. The van der Waals surface area contributed by atoms with E-state index in [1.807, 2.05) is 18.2 Å². The van der Waals surface area contributed by atoms with Crippen molar-refractivity contribution in [3.8, 4) is 5.75 Å². The van der Waals surface area contributed by atoms with Crippen molar-refractivity contribution in [2.45, 2.75) is 38.3 Å². The third kappa shape index (κ3) is 3.66. The first-order valence-electron chi connectivity index (χ1n) is 9.71. The fourth-order valence-corrected chi connectivity index (χ4v) is 4.39. The molecule has 1 saturated carbocycles. The molecule has 2 aromatic carbocycles. The molecule has 2 aromatic rings. The molecule has 0 aromatic heterocycles. The van der Waals surface area contributed by atoms with Crippen LogP contribution in [0.2, 0.25) is 0 Å². The highest BCUT2D eigenvalue weighted by Crippen LogP contribution is 2.45. The highest BCUT2D eigenvalue weighted by atomic mass is 16.5. The highest BCUT2D eigenvalue weighted by Gasteiger charge is 2.51. The number of benzene rings is 2. The molecule has 5 heteroatoms. The Hall–Kier alpha value is -2.11. The van der Waals surface area contributed by atoms with Crippen molar-refractivity contribution >= 4 is 16.7 Å². The Morgan fingerprint density at radius 2 is 1.93 bits per heavy atom. The van der Waals surface area contributed by atoms with E-state index in [2.05, 4.69) is 23.1 Å².